The summed E-state index contributed by atoms with van der Waals surface area (Å²) in [6.45, 7) is 4.22. The van der Waals surface area contributed by atoms with E-state index in [2.05, 4.69) is 13.8 Å². The van der Waals surface area contributed by atoms with E-state index in [-0.39, 0.29) is 13.0 Å². The summed E-state index contributed by atoms with van der Waals surface area (Å²) in [5, 5.41) is 0. The summed E-state index contributed by atoms with van der Waals surface area (Å²) in [4.78, 5) is 11.0. The molecule has 0 unspecified atom stereocenters. The number of hydrogen-bond acceptors (Lipinski definition) is 1. The van der Waals surface area contributed by atoms with Crippen molar-refractivity contribution in [2.75, 3.05) is 0 Å². The fourth-order valence-corrected chi connectivity index (χ4v) is 0.957. The fourth-order valence-electron chi connectivity index (χ4n) is 0.957. The highest BCUT2D eigenvalue weighted by Crippen LogP contribution is 2.10. The zero-order chi connectivity index (χ0) is 8.43. The molecule has 0 saturated carbocycles. The molecule has 68 valence electrons. The number of aryl methyl sites for hydroxylation is 1. The van der Waals surface area contributed by atoms with Crippen LogP contribution >= 0.6 is 0 Å². The molecule has 0 N–H and O–H groups in total. The Hall–Kier alpha value is -1.05. The van der Waals surface area contributed by atoms with Gasteiger partial charge >= 0.3 is 0 Å². The molecule has 0 aliphatic carbocycles. The summed E-state index contributed by atoms with van der Waals surface area (Å²) in [5.74, 6) is 0.488. The predicted molar refractivity (Wildman–Crippen MR) is 52.5 cm³/mol. The van der Waals surface area contributed by atoms with E-state index in [1.165, 1.54) is 5.56 Å². The van der Waals surface area contributed by atoms with Crippen molar-refractivity contribution in [3.05, 3.63) is 34.2 Å². The Labute approximate surface area is 73.9 Å². The summed E-state index contributed by atoms with van der Waals surface area (Å²) >= 11 is 0. The summed E-state index contributed by atoms with van der Waals surface area (Å²) < 4.78 is 1.61. The van der Waals surface area contributed by atoms with Gasteiger partial charge in [-0.25, -0.2) is 0 Å². The molecule has 2 heteroatoms. The van der Waals surface area contributed by atoms with Gasteiger partial charge < -0.3 is 4.57 Å². The van der Waals surface area contributed by atoms with Crippen molar-refractivity contribution in [1.82, 2.24) is 4.57 Å². The molecular formula is C10H17NO. The van der Waals surface area contributed by atoms with E-state index >= 15 is 0 Å². The largest absolute Gasteiger partial charge is 0.318 e. The van der Waals surface area contributed by atoms with Gasteiger partial charge in [0, 0.05) is 19.3 Å². The first-order valence-electron chi connectivity index (χ1n) is 3.78. The molecule has 0 bridgehead atoms. The van der Waals surface area contributed by atoms with Crippen molar-refractivity contribution in [3.8, 4) is 0 Å². The van der Waals surface area contributed by atoms with E-state index in [4.69, 9.17) is 0 Å². The van der Waals surface area contributed by atoms with Gasteiger partial charge in [0.15, 0.2) is 0 Å². The third-order valence-electron chi connectivity index (χ3n) is 1.78. The maximum absolute atomic E-state index is 11.0. The molecule has 0 fully saturated rings. The zero-order valence-corrected chi connectivity index (χ0v) is 7.16. The van der Waals surface area contributed by atoms with Crippen LogP contribution in [-0.4, -0.2) is 4.57 Å². The van der Waals surface area contributed by atoms with Crippen LogP contribution in [0.25, 0.3) is 0 Å². The van der Waals surface area contributed by atoms with Crippen molar-refractivity contribution in [1.29, 1.82) is 0 Å². The van der Waals surface area contributed by atoms with Crippen LogP contribution in [0.2, 0.25) is 0 Å². The van der Waals surface area contributed by atoms with E-state index in [1.54, 1.807) is 17.7 Å². The summed E-state index contributed by atoms with van der Waals surface area (Å²) in [7, 11) is 1.77. The zero-order valence-electron chi connectivity index (χ0n) is 7.16. The Morgan fingerprint density at radius 2 is 1.92 bits per heavy atom. The average Bonchev–Trinajstić information content (AvgIpc) is 1.94. The van der Waals surface area contributed by atoms with Gasteiger partial charge in [-0.15, -0.1) is 0 Å². The van der Waals surface area contributed by atoms with Crippen molar-refractivity contribution >= 4 is 0 Å². The lowest BCUT2D eigenvalue weighted by Crippen LogP contribution is -2.15. The van der Waals surface area contributed by atoms with Crippen molar-refractivity contribution < 1.29 is 0 Å². The first-order valence-corrected chi connectivity index (χ1v) is 3.78. The van der Waals surface area contributed by atoms with E-state index in [1.807, 2.05) is 12.3 Å². The van der Waals surface area contributed by atoms with Crippen molar-refractivity contribution in [2.24, 2.45) is 7.05 Å². The van der Waals surface area contributed by atoms with Gasteiger partial charge in [0.25, 0.3) is 0 Å². The number of aromatic nitrogens is 1. The first kappa shape index (κ1) is 11.0. The molecule has 1 aromatic heterocycles. The van der Waals surface area contributed by atoms with Crippen LogP contribution in [0.15, 0.2) is 23.1 Å². The number of hydrogen-bond donors (Lipinski definition) is 0. The van der Waals surface area contributed by atoms with Crippen molar-refractivity contribution in [2.45, 2.75) is 27.2 Å². The molecule has 12 heavy (non-hydrogen) atoms. The monoisotopic (exact) mass is 167 g/mol. The molecule has 2 nitrogen and oxygen atoms in total. The van der Waals surface area contributed by atoms with Crippen LogP contribution < -0.4 is 5.56 Å². The van der Waals surface area contributed by atoms with Gasteiger partial charge in [-0.05, 0) is 11.5 Å². The Morgan fingerprint density at radius 1 is 1.33 bits per heavy atom. The highest BCUT2D eigenvalue weighted by molar-refractivity contribution is 5.13. The standard InChI is InChI=1S/C9H13NO.CH4/c1-7(2)8-4-5-9(11)10(3)6-8;/h4-7H,1-3H3;1H4. The lowest BCUT2D eigenvalue weighted by molar-refractivity contribution is 0.794. The molecule has 0 aliphatic rings. The normalized spacial score (nSPS) is 9.67. The second kappa shape index (κ2) is 4.10. The van der Waals surface area contributed by atoms with Crippen molar-refractivity contribution in [3.63, 3.8) is 0 Å². The molecule has 0 amide bonds. The molecule has 1 aromatic rings. The van der Waals surface area contributed by atoms with Gasteiger partial charge in [-0.2, -0.15) is 0 Å². The molecule has 0 aromatic carbocycles. The third kappa shape index (κ3) is 2.22. The minimum absolute atomic E-state index is 0. The molecule has 0 atom stereocenters. The van der Waals surface area contributed by atoms with Gasteiger partial charge in [0.05, 0.1) is 0 Å². The van der Waals surface area contributed by atoms with Crippen LogP contribution in [0.4, 0.5) is 0 Å². The van der Waals surface area contributed by atoms with E-state index in [0.717, 1.165) is 0 Å². The van der Waals surface area contributed by atoms with E-state index in [0.29, 0.717) is 5.92 Å². The predicted octanol–water partition coefficient (Wildman–Crippen LogP) is 2.14. The number of rotatable bonds is 1. The lowest BCUT2D eigenvalue weighted by Gasteiger charge is -2.05. The molecule has 0 radical (unpaired) electrons. The SMILES string of the molecule is C.CC(C)c1ccc(=O)n(C)c1. The van der Waals surface area contributed by atoms with E-state index < -0.39 is 0 Å². The van der Waals surface area contributed by atoms with Crippen LogP contribution in [0.1, 0.15) is 32.8 Å². The smallest absolute Gasteiger partial charge is 0.250 e. The summed E-state index contributed by atoms with van der Waals surface area (Å²) in [6, 6.07) is 3.49. The Kier molecular flexibility index (Phi) is 3.74. The second-order valence-electron chi connectivity index (χ2n) is 3.07. The number of nitrogens with zero attached hydrogens (tertiary/aromatic N) is 1. The molecule has 0 saturated heterocycles. The van der Waals surface area contributed by atoms with E-state index in [9.17, 15) is 4.79 Å². The molecule has 1 heterocycles. The van der Waals surface area contributed by atoms with Crippen LogP contribution in [0, 0.1) is 0 Å². The van der Waals surface area contributed by atoms with Gasteiger partial charge in [0.2, 0.25) is 5.56 Å². The molecule has 0 spiro atoms. The minimum atomic E-state index is 0. The average molecular weight is 167 g/mol. The van der Waals surface area contributed by atoms with Gasteiger partial charge in [-0.3, -0.25) is 4.79 Å². The quantitative estimate of drug-likeness (QED) is 0.628. The third-order valence-corrected chi connectivity index (χ3v) is 1.78. The Balaban J connectivity index is 0.00000121. The highest BCUT2D eigenvalue weighted by atomic mass is 16.1. The molecular weight excluding hydrogens is 150 g/mol. The minimum Gasteiger partial charge on any atom is -0.318 e. The maximum Gasteiger partial charge on any atom is 0.250 e. The molecule has 0 aliphatic heterocycles. The Morgan fingerprint density at radius 3 is 2.33 bits per heavy atom. The van der Waals surface area contributed by atoms with Crippen LogP contribution in [0.3, 0.4) is 0 Å². The number of pyridine rings is 1. The molecule has 1 rings (SSSR count). The summed E-state index contributed by atoms with van der Waals surface area (Å²) in [6.07, 6.45) is 1.88. The lowest BCUT2D eigenvalue weighted by atomic mass is 10.1. The van der Waals surface area contributed by atoms with Gasteiger partial charge in [0.1, 0.15) is 0 Å². The van der Waals surface area contributed by atoms with Crippen LogP contribution in [0.5, 0.6) is 0 Å². The topological polar surface area (TPSA) is 22.0 Å². The highest BCUT2D eigenvalue weighted by Gasteiger charge is 1.98. The first-order chi connectivity index (χ1) is 5.11. The van der Waals surface area contributed by atoms with Gasteiger partial charge in [-0.1, -0.05) is 27.3 Å². The maximum atomic E-state index is 11.0. The second-order valence-corrected chi connectivity index (χ2v) is 3.07. The summed E-state index contributed by atoms with van der Waals surface area (Å²) in [5.41, 5.74) is 1.25. The fraction of sp³-hybridized carbons (Fsp3) is 0.500. The Bertz CT molecular complexity index is 299. The van der Waals surface area contributed by atoms with Crippen LogP contribution in [-0.2, 0) is 7.05 Å².